The molecule has 0 fully saturated rings. The van der Waals surface area contributed by atoms with Crippen LogP contribution in [0.15, 0.2) is 161 Å². The van der Waals surface area contributed by atoms with Crippen molar-refractivity contribution in [1.29, 1.82) is 0 Å². The number of aromatic nitrogens is 1. The zero-order valence-corrected chi connectivity index (χ0v) is 27.6. The fourth-order valence-electron chi connectivity index (χ4n) is 9.07. The van der Waals surface area contributed by atoms with E-state index in [4.69, 9.17) is 0 Å². The van der Waals surface area contributed by atoms with Crippen molar-refractivity contribution in [1.82, 2.24) is 4.40 Å². The number of anilines is 3. The Labute approximate surface area is 293 Å². The van der Waals surface area contributed by atoms with Gasteiger partial charge in [0.1, 0.15) is 0 Å². The predicted molar refractivity (Wildman–Crippen MR) is 211 cm³/mol. The van der Waals surface area contributed by atoms with Gasteiger partial charge in [-0.15, -0.1) is 0 Å². The SMILES string of the molecule is O=c1c2ccccc2n2c3ccc(Cc4ccc5c(c4)Cc4cccc6c4B5c4ccccc4N6c4ccccc4)cc3c(=O)c3cccc1c32. The summed E-state index contributed by atoms with van der Waals surface area (Å²) in [7, 11) is 0. The molecule has 0 unspecified atom stereocenters. The van der Waals surface area contributed by atoms with Crippen LogP contribution in [0.4, 0.5) is 17.1 Å². The summed E-state index contributed by atoms with van der Waals surface area (Å²) in [6.45, 7) is 0.163. The third kappa shape index (κ3) is 3.97. The summed E-state index contributed by atoms with van der Waals surface area (Å²) in [5.74, 6) is 0. The number of benzene rings is 7. The summed E-state index contributed by atoms with van der Waals surface area (Å²) in [6.07, 6.45) is 1.59. The Morgan fingerprint density at radius 2 is 1.18 bits per heavy atom. The number of hydrogen-bond donors (Lipinski definition) is 0. The highest BCUT2D eigenvalue weighted by molar-refractivity contribution is 6.98. The maximum Gasteiger partial charge on any atom is 0.247 e. The standard InChI is InChI=1S/C46H29BN2O2/c50-45-33-13-4-6-17-39(33)49-40-23-21-29(26-36(40)46(51)35-15-9-14-34(45)44(35)49)24-28-20-22-37-31(25-28)27-30-10-8-19-42-43(30)47(37)38-16-5-7-18-41(38)48(42)32-11-2-1-3-12-32/h1-23,25-26H,24,27H2. The van der Waals surface area contributed by atoms with Crippen LogP contribution in [0.3, 0.4) is 0 Å². The number of hydrogen-bond acceptors (Lipinski definition) is 3. The number of pyridine rings is 2. The Morgan fingerprint density at radius 3 is 2.06 bits per heavy atom. The van der Waals surface area contributed by atoms with Crippen molar-refractivity contribution < 1.29 is 0 Å². The molecule has 2 aliphatic rings. The maximum atomic E-state index is 14.1. The lowest BCUT2D eigenvalue weighted by Gasteiger charge is -2.40. The van der Waals surface area contributed by atoms with Gasteiger partial charge in [0.2, 0.25) is 6.71 Å². The molecule has 2 aromatic heterocycles. The van der Waals surface area contributed by atoms with Gasteiger partial charge in [0.15, 0.2) is 10.9 Å². The molecule has 4 heterocycles. The summed E-state index contributed by atoms with van der Waals surface area (Å²) in [5.41, 5.74) is 15.0. The van der Waals surface area contributed by atoms with Crippen molar-refractivity contribution in [3.63, 3.8) is 0 Å². The fourth-order valence-corrected chi connectivity index (χ4v) is 9.07. The smallest absolute Gasteiger partial charge is 0.247 e. The molecule has 7 aromatic carbocycles. The van der Waals surface area contributed by atoms with E-state index < -0.39 is 0 Å². The first-order chi connectivity index (χ1) is 25.1. The van der Waals surface area contributed by atoms with Gasteiger partial charge in [0.25, 0.3) is 0 Å². The average Bonchev–Trinajstić information content (AvgIpc) is 3.18. The zero-order chi connectivity index (χ0) is 33.8. The van der Waals surface area contributed by atoms with Gasteiger partial charge in [-0.05, 0) is 107 Å². The minimum Gasteiger partial charge on any atom is -0.312 e. The van der Waals surface area contributed by atoms with Crippen molar-refractivity contribution >= 4 is 78.3 Å². The van der Waals surface area contributed by atoms with Crippen molar-refractivity contribution in [2.24, 2.45) is 0 Å². The summed E-state index contributed by atoms with van der Waals surface area (Å²) in [6, 6.07) is 52.7. The van der Waals surface area contributed by atoms with Gasteiger partial charge >= 0.3 is 0 Å². The second kappa shape index (κ2) is 10.5. The van der Waals surface area contributed by atoms with E-state index in [0.717, 1.165) is 23.0 Å². The van der Waals surface area contributed by atoms with Crippen LogP contribution in [0.1, 0.15) is 22.3 Å². The van der Waals surface area contributed by atoms with Crippen LogP contribution in [-0.4, -0.2) is 11.1 Å². The first-order valence-corrected chi connectivity index (χ1v) is 17.6. The van der Waals surface area contributed by atoms with Crippen LogP contribution in [-0.2, 0) is 12.8 Å². The first kappa shape index (κ1) is 28.4. The number of nitrogens with zero attached hydrogens (tertiary/aromatic N) is 2. The average molecular weight is 653 g/mol. The van der Waals surface area contributed by atoms with Crippen LogP contribution >= 0.6 is 0 Å². The number of rotatable bonds is 3. The molecule has 51 heavy (non-hydrogen) atoms. The number of fused-ring (bicyclic) bond motifs is 8. The molecule has 2 aliphatic heterocycles. The molecule has 0 atom stereocenters. The first-order valence-electron chi connectivity index (χ1n) is 17.6. The molecule has 0 saturated heterocycles. The zero-order valence-electron chi connectivity index (χ0n) is 27.6. The monoisotopic (exact) mass is 652 g/mol. The summed E-state index contributed by atoms with van der Waals surface area (Å²) < 4.78 is 2.10. The largest absolute Gasteiger partial charge is 0.312 e. The van der Waals surface area contributed by atoms with Gasteiger partial charge in [-0.2, -0.15) is 0 Å². The van der Waals surface area contributed by atoms with Gasteiger partial charge in [0.05, 0.1) is 16.6 Å². The molecule has 5 heteroatoms. The van der Waals surface area contributed by atoms with Crippen molar-refractivity contribution in [2.75, 3.05) is 4.90 Å². The molecular formula is C46H29BN2O2. The summed E-state index contributed by atoms with van der Waals surface area (Å²) in [4.78, 5) is 29.9. The fraction of sp³-hybridized carbons (Fsp3) is 0.0435. The normalized spacial score (nSPS) is 13.2. The molecule has 9 aromatic rings. The lowest BCUT2D eigenvalue weighted by molar-refractivity contribution is 1.14. The topological polar surface area (TPSA) is 41.8 Å². The van der Waals surface area contributed by atoms with Crippen LogP contribution in [0.2, 0.25) is 0 Å². The van der Waals surface area contributed by atoms with E-state index in [1.54, 1.807) is 0 Å². The Bertz CT molecular complexity index is 3040. The van der Waals surface area contributed by atoms with Crippen LogP contribution in [0, 0.1) is 0 Å². The van der Waals surface area contributed by atoms with Gasteiger partial charge in [-0.25, -0.2) is 0 Å². The van der Waals surface area contributed by atoms with Crippen molar-refractivity contribution in [3.05, 3.63) is 194 Å². The molecule has 4 nitrogen and oxygen atoms in total. The van der Waals surface area contributed by atoms with E-state index in [-0.39, 0.29) is 17.6 Å². The van der Waals surface area contributed by atoms with Gasteiger partial charge < -0.3 is 9.30 Å². The summed E-state index contributed by atoms with van der Waals surface area (Å²) in [5, 5.41) is 2.47. The van der Waals surface area contributed by atoms with Crippen LogP contribution in [0.25, 0.3) is 38.1 Å². The molecular weight excluding hydrogens is 623 g/mol. The van der Waals surface area contributed by atoms with E-state index in [0.29, 0.717) is 33.5 Å². The Morgan fingerprint density at radius 1 is 0.510 bits per heavy atom. The molecule has 11 rings (SSSR count). The minimum absolute atomic E-state index is 0.0366. The highest BCUT2D eigenvalue weighted by atomic mass is 16.1. The van der Waals surface area contributed by atoms with Crippen LogP contribution in [0.5, 0.6) is 0 Å². The molecule has 0 amide bonds. The van der Waals surface area contributed by atoms with Crippen molar-refractivity contribution in [3.8, 4) is 0 Å². The third-order valence-electron chi connectivity index (χ3n) is 11.2. The van der Waals surface area contributed by atoms with Gasteiger partial charge in [0, 0.05) is 38.6 Å². The number of para-hydroxylation sites is 4. The Hall–Kier alpha value is -6.46. The Kier molecular flexibility index (Phi) is 5.86. The molecule has 238 valence electrons. The summed E-state index contributed by atoms with van der Waals surface area (Å²) >= 11 is 0. The molecule has 0 spiro atoms. The van der Waals surface area contributed by atoms with Crippen LogP contribution < -0.4 is 32.1 Å². The molecule has 0 bridgehead atoms. The quantitative estimate of drug-likeness (QED) is 0.114. The highest BCUT2D eigenvalue weighted by Gasteiger charge is 2.39. The second-order valence-corrected chi connectivity index (χ2v) is 14.0. The molecule has 0 saturated carbocycles. The maximum absolute atomic E-state index is 14.1. The Balaban J connectivity index is 1.03. The second-order valence-electron chi connectivity index (χ2n) is 14.0. The van der Waals surface area contributed by atoms with E-state index in [9.17, 15) is 9.59 Å². The lowest BCUT2D eigenvalue weighted by Crippen LogP contribution is -2.61. The van der Waals surface area contributed by atoms with Gasteiger partial charge in [-0.1, -0.05) is 96.5 Å². The van der Waals surface area contributed by atoms with E-state index >= 15 is 0 Å². The highest BCUT2D eigenvalue weighted by Crippen LogP contribution is 2.38. The molecule has 0 aliphatic carbocycles. The minimum atomic E-state index is -0.0388. The third-order valence-corrected chi connectivity index (χ3v) is 11.2. The predicted octanol–water partition coefficient (Wildman–Crippen LogP) is 7.35. The van der Waals surface area contributed by atoms with E-state index in [1.165, 1.54) is 50.1 Å². The van der Waals surface area contributed by atoms with Crippen molar-refractivity contribution in [2.45, 2.75) is 12.8 Å². The van der Waals surface area contributed by atoms with E-state index in [2.05, 4.69) is 118 Å². The molecule has 0 N–H and O–H groups in total. The van der Waals surface area contributed by atoms with E-state index in [1.807, 2.05) is 42.5 Å². The van der Waals surface area contributed by atoms with Gasteiger partial charge in [-0.3, -0.25) is 9.59 Å². The molecule has 0 radical (unpaired) electrons. The lowest BCUT2D eigenvalue weighted by atomic mass is 9.32.